The first-order valence-electron chi connectivity index (χ1n) is 10.7. The summed E-state index contributed by atoms with van der Waals surface area (Å²) >= 11 is 0. The number of aliphatic hydroxyl groups excluding tert-OH is 1. The van der Waals surface area contributed by atoms with E-state index in [4.69, 9.17) is 13.9 Å². The van der Waals surface area contributed by atoms with Gasteiger partial charge in [-0.05, 0) is 30.2 Å². The Morgan fingerprint density at radius 3 is 2.42 bits per heavy atom. The lowest BCUT2D eigenvalue weighted by atomic mass is 9.39. The number of carbonyl (C=O) groups is 3. The van der Waals surface area contributed by atoms with Gasteiger partial charge in [0.15, 0.2) is 11.9 Å². The van der Waals surface area contributed by atoms with Crippen molar-refractivity contribution >= 4 is 17.7 Å². The third-order valence-corrected chi connectivity index (χ3v) is 8.17. The van der Waals surface area contributed by atoms with E-state index < -0.39 is 58.5 Å². The van der Waals surface area contributed by atoms with Crippen LogP contribution in [0.5, 0.6) is 0 Å². The number of ketones is 1. The zero-order valence-corrected chi connectivity index (χ0v) is 18.5. The number of aliphatic hydroxyl groups is 2. The van der Waals surface area contributed by atoms with Gasteiger partial charge in [-0.25, -0.2) is 0 Å². The molecule has 1 aromatic heterocycles. The van der Waals surface area contributed by atoms with Gasteiger partial charge in [-0.2, -0.15) is 0 Å². The van der Waals surface area contributed by atoms with Crippen LogP contribution in [0.2, 0.25) is 0 Å². The van der Waals surface area contributed by atoms with E-state index in [1.165, 1.54) is 20.1 Å². The van der Waals surface area contributed by atoms with Gasteiger partial charge in [-0.1, -0.05) is 20.8 Å². The van der Waals surface area contributed by atoms with Crippen LogP contribution in [-0.4, -0.2) is 51.8 Å². The molecule has 0 aliphatic heterocycles. The molecule has 7 atom stereocenters. The number of ether oxygens (including phenoxy) is 2. The van der Waals surface area contributed by atoms with Crippen molar-refractivity contribution in [3.8, 4) is 0 Å². The lowest BCUT2D eigenvalue weighted by Gasteiger charge is -2.68. The van der Waals surface area contributed by atoms with Crippen molar-refractivity contribution in [1.82, 2.24) is 0 Å². The van der Waals surface area contributed by atoms with Gasteiger partial charge >= 0.3 is 11.9 Å². The Morgan fingerprint density at radius 2 is 1.81 bits per heavy atom. The predicted molar refractivity (Wildman–Crippen MR) is 107 cm³/mol. The molecule has 0 bridgehead atoms. The Morgan fingerprint density at radius 1 is 1.16 bits per heavy atom. The van der Waals surface area contributed by atoms with Gasteiger partial charge in [-0.15, -0.1) is 0 Å². The van der Waals surface area contributed by atoms with E-state index in [9.17, 15) is 24.6 Å². The van der Waals surface area contributed by atoms with Crippen LogP contribution in [0.15, 0.2) is 16.7 Å². The Hall–Kier alpha value is -2.19. The molecule has 1 heterocycles. The summed E-state index contributed by atoms with van der Waals surface area (Å²) in [6.07, 6.45) is -0.853. The number of fused-ring (bicyclic) bond motifs is 4. The van der Waals surface area contributed by atoms with Crippen LogP contribution in [-0.2, 0) is 25.5 Å². The minimum absolute atomic E-state index is 0.287. The van der Waals surface area contributed by atoms with Crippen molar-refractivity contribution in [2.45, 2.75) is 77.8 Å². The van der Waals surface area contributed by atoms with E-state index in [1.807, 2.05) is 13.8 Å². The summed E-state index contributed by atoms with van der Waals surface area (Å²) in [6, 6.07) is 1.57. The fourth-order valence-electron chi connectivity index (χ4n) is 6.71. The Labute approximate surface area is 180 Å². The molecule has 2 fully saturated rings. The maximum Gasteiger partial charge on any atom is 0.303 e. The standard InChI is InChI=1S/C23H30O8/c1-11(24)30-16-6-8-21(3,4)23(28)20(31-12(2)25)19(27)17-14(22(16,23)5)10-15-13(18(17)26)7-9-29-15/h7,9,14,16-17,19-20,27-28H,6,8,10H2,1-5H3. The van der Waals surface area contributed by atoms with Crippen molar-refractivity contribution in [1.29, 1.82) is 0 Å². The molecular weight excluding hydrogens is 404 g/mol. The van der Waals surface area contributed by atoms with Gasteiger partial charge in [0.1, 0.15) is 23.6 Å². The average Bonchev–Trinajstić information content (AvgIpc) is 3.14. The lowest BCUT2D eigenvalue weighted by Crippen LogP contribution is -2.80. The fourth-order valence-corrected chi connectivity index (χ4v) is 6.71. The minimum atomic E-state index is -1.77. The first-order chi connectivity index (χ1) is 14.4. The SMILES string of the molecule is CC(=O)OC1CCC(C)(C)C2(O)C(OC(C)=O)C(O)C3C(=O)c4ccoc4CC3C12C. The summed E-state index contributed by atoms with van der Waals surface area (Å²) in [5.41, 5.74) is -3.38. The Kier molecular flexibility index (Phi) is 4.90. The molecular formula is C23H30O8. The molecule has 31 heavy (non-hydrogen) atoms. The molecule has 170 valence electrons. The predicted octanol–water partition coefficient (Wildman–Crippen LogP) is 2.05. The molecule has 8 heteroatoms. The van der Waals surface area contributed by atoms with Crippen molar-refractivity contribution in [2.24, 2.45) is 22.7 Å². The molecule has 0 aromatic carbocycles. The monoisotopic (exact) mass is 434 g/mol. The van der Waals surface area contributed by atoms with E-state index in [0.29, 0.717) is 24.2 Å². The maximum atomic E-state index is 13.4. The number of Topliss-reactive ketones (excluding diaryl/α,β-unsaturated/α-hetero) is 1. The van der Waals surface area contributed by atoms with Gasteiger partial charge in [0.05, 0.1) is 17.7 Å². The number of rotatable bonds is 2. The molecule has 8 nitrogen and oxygen atoms in total. The molecule has 0 amide bonds. The second-order valence-electron chi connectivity index (χ2n) is 10.0. The van der Waals surface area contributed by atoms with Crippen LogP contribution < -0.4 is 0 Å². The summed E-state index contributed by atoms with van der Waals surface area (Å²) < 4.78 is 16.8. The fraction of sp³-hybridized carbons (Fsp3) is 0.696. The first kappa shape index (κ1) is 22.0. The molecule has 2 N–H and O–H groups in total. The van der Waals surface area contributed by atoms with Crippen LogP contribution >= 0.6 is 0 Å². The number of hydrogen-bond donors (Lipinski definition) is 2. The van der Waals surface area contributed by atoms with E-state index in [2.05, 4.69) is 0 Å². The van der Waals surface area contributed by atoms with Gasteiger partial charge in [-0.3, -0.25) is 14.4 Å². The minimum Gasteiger partial charge on any atom is -0.469 e. The van der Waals surface area contributed by atoms with Gasteiger partial charge in [0, 0.05) is 25.7 Å². The highest BCUT2D eigenvalue weighted by atomic mass is 16.6. The largest absolute Gasteiger partial charge is 0.469 e. The van der Waals surface area contributed by atoms with Crippen LogP contribution in [0.25, 0.3) is 0 Å². The molecule has 0 saturated heterocycles. The maximum absolute atomic E-state index is 13.4. The molecule has 1 aromatic rings. The van der Waals surface area contributed by atoms with E-state index in [1.54, 1.807) is 13.0 Å². The topological polar surface area (TPSA) is 123 Å². The molecule has 4 rings (SSSR count). The number of furan rings is 1. The molecule has 0 spiro atoms. The van der Waals surface area contributed by atoms with Crippen molar-refractivity contribution in [3.63, 3.8) is 0 Å². The van der Waals surface area contributed by atoms with Gasteiger partial charge < -0.3 is 24.1 Å². The van der Waals surface area contributed by atoms with Crippen molar-refractivity contribution in [3.05, 3.63) is 23.7 Å². The molecule has 3 aliphatic carbocycles. The summed E-state index contributed by atoms with van der Waals surface area (Å²) in [5.74, 6) is -2.53. The normalized spacial score (nSPS) is 40.9. The number of carbonyl (C=O) groups excluding carboxylic acids is 3. The quantitative estimate of drug-likeness (QED) is 0.678. The zero-order chi connectivity index (χ0) is 22.9. The lowest BCUT2D eigenvalue weighted by molar-refractivity contribution is -0.331. The molecule has 3 aliphatic rings. The highest BCUT2D eigenvalue weighted by molar-refractivity contribution is 6.00. The van der Waals surface area contributed by atoms with E-state index in [-0.39, 0.29) is 12.2 Å². The third-order valence-electron chi connectivity index (χ3n) is 8.17. The van der Waals surface area contributed by atoms with E-state index >= 15 is 0 Å². The second kappa shape index (κ2) is 6.90. The average molecular weight is 434 g/mol. The zero-order valence-electron chi connectivity index (χ0n) is 18.5. The van der Waals surface area contributed by atoms with Crippen molar-refractivity contribution < 1.29 is 38.5 Å². The summed E-state index contributed by atoms with van der Waals surface area (Å²) in [5, 5.41) is 23.8. The van der Waals surface area contributed by atoms with E-state index in [0.717, 1.165) is 0 Å². The highest BCUT2D eigenvalue weighted by Crippen LogP contribution is 2.66. The van der Waals surface area contributed by atoms with Crippen LogP contribution in [0.3, 0.4) is 0 Å². The second-order valence-corrected chi connectivity index (χ2v) is 10.0. The van der Waals surface area contributed by atoms with Gasteiger partial charge in [0.2, 0.25) is 0 Å². The first-order valence-corrected chi connectivity index (χ1v) is 10.7. The van der Waals surface area contributed by atoms with Crippen LogP contribution in [0, 0.1) is 22.7 Å². The summed E-state index contributed by atoms with van der Waals surface area (Å²) in [4.78, 5) is 37.4. The Balaban J connectivity index is 1.97. The number of hydrogen-bond acceptors (Lipinski definition) is 8. The Bertz CT molecular complexity index is 932. The summed E-state index contributed by atoms with van der Waals surface area (Å²) in [7, 11) is 0. The van der Waals surface area contributed by atoms with Crippen molar-refractivity contribution in [2.75, 3.05) is 0 Å². The third kappa shape index (κ3) is 2.77. The highest BCUT2D eigenvalue weighted by Gasteiger charge is 2.76. The smallest absolute Gasteiger partial charge is 0.303 e. The number of esters is 2. The van der Waals surface area contributed by atoms with Crippen LogP contribution in [0.4, 0.5) is 0 Å². The molecule has 2 saturated carbocycles. The molecule has 0 radical (unpaired) electrons. The van der Waals surface area contributed by atoms with Gasteiger partial charge in [0.25, 0.3) is 0 Å². The molecule has 7 unspecified atom stereocenters. The van der Waals surface area contributed by atoms with Crippen LogP contribution in [0.1, 0.15) is 63.6 Å². The summed E-state index contributed by atoms with van der Waals surface area (Å²) in [6.45, 7) is 7.99.